The van der Waals surface area contributed by atoms with Crippen molar-refractivity contribution in [3.8, 4) is 0 Å². The van der Waals surface area contributed by atoms with Crippen LogP contribution in [0.5, 0.6) is 0 Å². The summed E-state index contributed by atoms with van der Waals surface area (Å²) in [5.74, 6) is 0. The summed E-state index contributed by atoms with van der Waals surface area (Å²) < 4.78 is 12.0. The van der Waals surface area contributed by atoms with Gasteiger partial charge in [-0.05, 0) is 12.1 Å². The minimum absolute atomic E-state index is 0.809. The van der Waals surface area contributed by atoms with Crippen LogP contribution in [0.4, 0.5) is 0 Å². The maximum Gasteiger partial charge on any atom is 0.133 e. The Hall–Kier alpha value is -1.40. The molecule has 1 atom stereocenters. The van der Waals surface area contributed by atoms with Crippen molar-refractivity contribution in [1.29, 1.82) is 0 Å². The van der Waals surface area contributed by atoms with Gasteiger partial charge in [0.05, 0.1) is 0 Å². The van der Waals surface area contributed by atoms with Crippen molar-refractivity contribution < 1.29 is 4.57 Å². The Balaban J connectivity index is 2.35. The van der Waals surface area contributed by atoms with Gasteiger partial charge in [0.1, 0.15) is 7.80 Å². The third-order valence-electron chi connectivity index (χ3n) is 1.96. The summed E-state index contributed by atoms with van der Waals surface area (Å²) in [7, 11) is -1.86. The van der Waals surface area contributed by atoms with Crippen molar-refractivity contribution in [2.24, 2.45) is 0 Å². The van der Waals surface area contributed by atoms with Crippen LogP contribution in [0.1, 0.15) is 0 Å². The lowest BCUT2D eigenvalue weighted by Gasteiger charge is -2.00. The Labute approximate surface area is 83.4 Å². The van der Waals surface area contributed by atoms with Gasteiger partial charge in [-0.25, -0.2) is 0 Å². The van der Waals surface area contributed by atoms with E-state index in [1.54, 1.807) is 18.5 Å². The first kappa shape index (κ1) is 9.17. The molecule has 0 saturated carbocycles. The third kappa shape index (κ3) is 1.91. The van der Waals surface area contributed by atoms with E-state index in [2.05, 4.69) is 4.98 Å². The van der Waals surface area contributed by atoms with Gasteiger partial charge in [0.15, 0.2) is 0 Å². The molecule has 0 aliphatic carbocycles. The summed E-state index contributed by atoms with van der Waals surface area (Å²) in [5, 5.41) is 1.69. The minimum Gasteiger partial charge on any atom is -0.317 e. The lowest BCUT2D eigenvalue weighted by atomic mass is 10.4. The summed E-state index contributed by atoms with van der Waals surface area (Å²) in [6.07, 6.45) is 3.35. The highest BCUT2D eigenvalue weighted by Crippen LogP contribution is 2.17. The summed E-state index contributed by atoms with van der Waals surface area (Å²) in [6.45, 7) is 0. The Morgan fingerprint density at radius 3 is 2.29 bits per heavy atom. The first-order valence-electron chi connectivity index (χ1n) is 4.38. The second-order valence-electron chi connectivity index (χ2n) is 2.94. The number of nitrogens with zero attached hydrogens (tertiary/aromatic N) is 1. The molecule has 0 spiro atoms. The van der Waals surface area contributed by atoms with Crippen molar-refractivity contribution in [2.75, 3.05) is 0 Å². The first-order valence-corrected chi connectivity index (χ1v) is 5.78. The molecule has 14 heavy (non-hydrogen) atoms. The van der Waals surface area contributed by atoms with Gasteiger partial charge < -0.3 is 4.57 Å². The van der Waals surface area contributed by atoms with Crippen LogP contribution in [0.25, 0.3) is 0 Å². The molecule has 0 amide bonds. The Morgan fingerprint density at radius 2 is 1.64 bits per heavy atom. The van der Waals surface area contributed by atoms with Crippen molar-refractivity contribution >= 4 is 18.4 Å². The fourth-order valence-electron chi connectivity index (χ4n) is 1.25. The average Bonchev–Trinajstić information content (AvgIpc) is 2.30. The van der Waals surface area contributed by atoms with E-state index < -0.39 is 7.80 Å². The van der Waals surface area contributed by atoms with Crippen LogP contribution >= 0.6 is 7.80 Å². The third-order valence-corrected chi connectivity index (χ3v) is 3.64. The first-order chi connectivity index (χ1) is 6.88. The zero-order valence-corrected chi connectivity index (χ0v) is 8.55. The van der Waals surface area contributed by atoms with Crippen LogP contribution in [0.15, 0.2) is 54.9 Å². The van der Waals surface area contributed by atoms with Gasteiger partial charge in [0.2, 0.25) is 0 Å². The fourth-order valence-corrected chi connectivity index (χ4v) is 2.52. The zero-order valence-electron chi connectivity index (χ0n) is 7.55. The molecular weight excluding hydrogens is 193 g/mol. The number of rotatable bonds is 2. The molecule has 1 aromatic carbocycles. The topological polar surface area (TPSA) is 30.0 Å². The van der Waals surface area contributed by atoms with E-state index >= 15 is 0 Å². The summed E-state index contributed by atoms with van der Waals surface area (Å²) in [4.78, 5) is 3.96. The maximum absolute atomic E-state index is 12.0. The normalized spacial score (nSPS) is 12.3. The van der Waals surface area contributed by atoms with E-state index in [0.29, 0.717) is 0 Å². The van der Waals surface area contributed by atoms with Gasteiger partial charge in [-0.15, -0.1) is 0 Å². The highest BCUT2D eigenvalue weighted by atomic mass is 31.1. The zero-order chi connectivity index (χ0) is 9.80. The summed E-state index contributed by atoms with van der Waals surface area (Å²) >= 11 is 0. The van der Waals surface area contributed by atoms with Crippen molar-refractivity contribution in [1.82, 2.24) is 4.98 Å². The molecule has 0 fully saturated rings. The monoisotopic (exact) mass is 203 g/mol. The SMILES string of the molecule is O=[PH](c1ccccc1)c1cccnc1. The number of hydrogen-bond donors (Lipinski definition) is 0. The quantitative estimate of drug-likeness (QED) is 0.694. The molecule has 1 unspecified atom stereocenters. The van der Waals surface area contributed by atoms with E-state index in [-0.39, 0.29) is 0 Å². The largest absolute Gasteiger partial charge is 0.317 e. The van der Waals surface area contributed by atoms with Crippen LogP contribution in [0.2, 0.25) is 0 Å². The van der Waals surface area contributed by atoms with Gasteiger partial charge in [0.25, 0.3) is 0 Å². The van der Waals surface area contributed by atoms with E-state index in [0.717, 1.165) is 10.6 Å². The van der Waals surface area contributed by atoms with E-state index in [1.165, 1.54) is 0 Å². The molecule has 2 rings (SSSR count). The molecule has 0 N–H and O–H groups in total. The molecule has 0 saturated heterocycles. The standard InChI is InChI=1S/C11H10NOP/c13-14(10-5-2-1-3-6-10)11-7-4-8-12-9-11/h1-9,14H. The molecule has 2 aromatic rings. The van der Waals surface area contributed by atoms with Gasteiger partial charge >= 0.3 is 0 Å². The van der Waals surface area contributed by atoms with Crippen LogP contribution in [0.3, 0.4) is 0 Å². The number of benzene rings is 1. The van der Waals surface area contributed by atoms with Gasteiger partial charge in [-0.3, -0.25) is 4.98 Å². The van der Waals surface area contributed by atoms with E-state index in [1.807, 2.05) is 36.4 Å². The van der Waals surface area contributed by atoms with Crippen LogP contribution < -0.4 is 10.6 Å². The Morgan fingerprint density at radius 1 is 0.929 bits per heavy atom. The fraction of sp³-hybridized carbons (Fsp3) is 0. The smallest absolute Gasteiger partial charge is 0.133 e. The lowest BCUT2D eigenvalue weighted by molar-refractivity contribution is 0.598. The molecule has 1 heterocycles. The number of pyridine rings is 1. The van der Waals surface area contributed by atoms with E-state index in [9.17, 15) is 4.57 Å². The highest BCUT2D eigenvalue weighted by Gasteiger charge is 2.04. The average molecular weight is 203 g/mol. The van der Waals surface area contributed by atoms with Gasteiger partial charge in [0, 0.05) is 23.0 Å². The number of hydrogen-bond acceptors (Lipinski definition) is 2. The van der Waals surface area contributed by atoms with Crippen molar-refractivity contribution in [3.05, 3.63) is 54.9 Å². The molecule has 70 valence electrons. The van der Waals surface area contributed by atoms with Crippen molar-refractivity contribution in [2.45, 2.75) is 0 Å². The lowest BCUT2D eigenvalue weighted by Crippen LogP contribution is -2.05. The second kappa shape index (κ2) is 4.21. The van der Waals surface area contributed by atoms with Crippen LogP contribution in [0, 0.1) is 0 Å². The number of aromatic nitrogens is 1. The predicted octanol–water partition coefficient (Wildman–Crippen LogP) is 1.59. The molecule has 0 aliphatic rings. The Kier molecular flexibility index (Phi) is 2.76. The molecule has 0 radical (unpaired) electrons. The van der Waals surface area contributed by atoms with Crippen LogP contribution in [-0.2, 0) is 4.57 Å². The van der Waals surface area contributed by atoms with Crippen LogP contribution in [-0.4, -0.2) is 4.98 Å². The highest BCUT2D eigenvalue weighted by molar-refractivity contribution is 7.61. The molecule has 0 bridgehead atoms. The summed E-state index contributed by atoms with van der Waals surface area (Å²) in [6, 6.07) is 13.1. The molecule has 0 aliphatic heterocycles. The molecule has 3 heteroatoms. The van der Waals surface area contributed by atoms with Crippen molar-refractivity contribution in [3.63, 3.8) is 0 Å². The van der Waals surface area contributed by atoms with Gasteiger partial charge in [-0.1, -0.05) is 30.3 Å². The predicted molar refractivity (Wildman–Crippen MR) is 58.9 cm³/mol. The molecular formula is C11H10NOP. The second-order valence-corrected chi connectivity index (χ2v) is 4.75. The molecule has 2 nitrogen and oxygen atoms in total. The van der Waals surface area contributed by atoms with E-state index in [4.69, 9.17) is 0 Å². The minimum atomic E-state index is -1.86. The van der Waals surface area contributed by atoms with Gasteiger partial charge in [-0.2, -0.15) is 0 Å². The maximum atomic E-state index is 12.0. The summed E-state index contributed by atoms with van der Waals surface area (Å²) in [5.41, 5.74) is 0. The Bertz CT molecular complexity index is 386. The molecule has 1 aromatic heterocycles.